The van der Waals surface area contributed by atoms with E-state index in [4.69, 9.17) is 11.6 Å². The minimum absolute atomic E-state index is 0.0194. The topological polar surface area (TPSA) is 52.7 Å². The Morgan fingerprint density at radius 2 is 1.76 bits per heavy atom. The van der Waals surface area contributed by atoms with Gasteiger partial charge in [0.1, 0.15) is 0 Å². The van der Waals surface area contributed by atoms with Gasteiger partial charge in [-0.15, -0.1) is 0 Å². The normalized spacial score (nSPS) is 19.5. The van der Waals surface area contributed by atoms with Crippen LogP contribution in [0.25, 0.3) is 0 Å². The fraction of sp³-hybridized carbons (Fsp3) is 0.652. The van der Waals surface area contributed by atoms with Gasteiger partial charge in [0.25, 0.3) is 5.91 Å². The van der Waals surface area contributed by atoms with E-state index in [9.17, 15) is 9.59 Å². The van der Waals surface area contributed by atoms with Gasteiger partial charge < -0.3 is 10.2 Å². The third-order valence-corrected chi connectivity index (χ3v) is 6.56. The zero-order valence-corrected chi connectivity index (χ0v) is 18.5. The van der Waals surface area contributed by atoms with E-state index in [1.807, 2.05) is 17.0 Å². The van der Waals surface area contributed by atoms with Crippen molar-refractivity contribution in [2.45, 2.75) is 52.0 Å². The fourth-order valence-electron chi connectivity index (χ4n) is 4.55. The number of carbonyl (C=O) groups is 2. The van der Waals surface area contributed by atoms with Crippen molar-refractivity contribution >= 4 is 23.4 Å². The molecule has 3 rings (SSSR count). The molecule has 1 saturated heterocycles. The van der Waals surface area contributed by atoms with Crippen molar-refractivity contribution in [3.8, 4) is 0 Å². The molecule has 1 aromatic carbocycles. The lowest BCUT2D eigenvalue weighted by Crippen LogP contribution is -2.58. The van der Waals surface area contributed by atoms with Gasteiger partial charge in [0, 0.05) is 32.7 Å². The summed E-state index contributed by atoms with van der Waals surface area (Å²) in [5.41, 5.74) is 0.557. The average molecular weight is 420 g/mol. The standard InChI is InChI=1S/C23H34ClN3O2/c1-17(2)11-12-25-22(28)21(18-7-3-4-8-18)26-13-15-27(16-14-26)23(29)19-9-5-6-10-20(19)24/h5-6,9-10,17-18,21H,3-4,7-8,11-16H2,1-2H3,(H,25,28)/t21-/m0/s1. The molecule has 6 heteroatoms. The van der Waals surface area contributed by atoms with Crippen LogP contribution in [0.4, 0.5) is 0 Å². The second-order valence-electron chi connectivity index (χ2n) is 8.77. The molecule has 2 aliphatic rings. The number of halogens is 1. The van der Waals surface area contributed by atoms with Crippen molar-refractivity contribution in [1.29, 1.82) is 0 Å². The number of carbonyl (C=O) groups excluding carboxylic acids is 2. The summed E-state index contributed by atoms with van der Waals surface area (Å²) >= 11 is 6.20. The monoisotopic (exact) mass is 419 g/mol. The Morgan fingerprint density at radius 1 is 1.10 bits per heavy atom. The van der Waals surface area contributed by atoms with Crippen molar-refractivity contribution in [3.63, 3.8) is 0 Å². The summed E-state index contributed by atoms with van der Waals surface area (Å²) in [5, 5.41) is 3.67. The highest BCUT2D eigenvalue weighted by Gasteiger charge is 2.37. The van der Waals surface area contributed by atoms with Crippen molar-refractivity contribution < 1.29 is 9.59 Å². The first-order valence-corrected chi connectivity index (χ1v) is 11.4. The van der Waals surface area contributed by atoms with Crippen LogP contribution >= 0.6 is 11.6 Å². The molecule has 2 fully saturated rings. The molecule has 1 saturated carbocycles. The van der Waals surface area contributed by atoms with Crippen molar-refractivity contribution in [1.82, 2.24) is 15.1 Å². The van der Waals surface area contributed by atoms with Gasteiger partial charge in [-0.1, -0.05) is 50.4 Å². The Labute approximate surface area is 179 Å². The molecule has 0 unspecified atom stereocenters. The van der Waals surface area contributed by atoms with Crippen LogP contribution in [-0.2, 0) is 4.79 Å². The average Bonchev–Trinajstić information content (AvgIpc) is 3.22. The maximum Gasteiger partial charge on any atom is 0.255 e. The van der Waals surface area contributed by atoms with Crippen molar-refractivity contribution in [2.24, 2.45) is 11.8 Å². The lowest BCUT2D eigenvalue weighted by atomic mass is 9.94. The molecule has 0 bridgehead atoms. The molecule has 1 atom stereocenters. The lowest BCUT2D eigenvalue weighted by molar-refractivity contribution is -0.129. The summed E-state index contributed by atoms with van der Waals surface area (Å²) in [6.45, 7) is 7.82. The molecule has 160 valence electrons. The summed E-state index contributed by atoms with van der Waals surface area (Å²) in [7, 11) is 0. The Morgan fingerprint density at radius 3 is 2.38 bits per heavy atom. The highest BCUT2D eigenvalue weighted by Crippen LogP contribution is 2.31. The molecule has 1 aliphatic carbocycles. The predicted molar refractivity (Wildman–Crippen MR) is 117 cm³/mol. The molecule has 29 heavy (non-hydrogen) atoms. The highest BCUT2D eigenvalue weighted by atomic mass is 35.5. The number of benzene rings is 1. The van der Waals surface area contributed by atoms with Crippen LogP contribution in [0.2, 0.25) is 5.02 Å². The van der Waals surface area contributed by atoms with E-state index in [0.717, 1.165) is 38.9 Å². The molecule has 1 heterocycles. The molecule has 1 aromatic rings. The largest absolute Gasteiger partial charge is 0.355 e. The number of piperazine rings is 1. The zero-order valence-electron chi connectivity index (χ0n) is 17.7. The Balaban J connectivity index is 1.61. The highest BCUT2D eigenvalue weighted by molar-refractivity contribution is 6.33. The van der Waals surface area contributed by atoms with Crippen LogP contribution in [0.15, 0.2) is 24.3 Å². The first-order valence-electron chi connectivity index (χ1n) is 11.0. The molecule has 2 amide bonds. The van der Waals surface area contributed by atoms with Crippen LogP contribution in [0, 0.1) is 11.8 Å². The smallest absolute Gasteiger partial charge is 0.255 e. The maximum absolute atomic E-state index is 13.0. The molecule has 1 aliphatic heterocycles. The van der Waals surface area contributed by atoms with E-state index in [1.165, 1.54) is 12.8 Å². The number of hydrogen-bond acceptors (Lipinski definition) is 3. The van der Waals surface area contributed by atoms with Crippen LogP contribution in [0.3, 0.4) is 0 Å². The van der Waals surface area contributed by atoms with Crippen LogP contribution in [0.5, 0.6) is 0 Å². The third kappa shape index (κ3) is 5.73. The van der Waals surface area contributed by atoms with Gasteiger partial charge in [0.15, 0.2) is 0 Å². The van der Waals surface area contributed by atoms with E-state index in [0.29, 0.717) is 35.5 Å². The van der Waals surface area contributed by atoms with Gasteiger partial charge >= 0.3 is 0 Å². The van der Waals surface area contributed by atoms with Crippen molar-refractivity contribution in [2.75, 3.05) is 32.7 Å². The van der Waals surface area contributed by atoms with E-state index >= 15 is 0 Å². The van der Waals surface area contributed by atoms with Crippen molar-refractivity contribution in [3.05, 3.63) is 34.9 Å². The quantitative estimate of drug-likeness (QED) is 0.730. The second kappa shape index (κ2) is 10.4. The SMILES string of the molecule is CC(C)CCNC(=O)[C@H](C1CCCC1)N1CCN(C(=O)c2ccccc2Cl)CC1. The van der Waals surface area contributed by atoms with Gasteiger partial charge in [-0.25, -0.2) is 0 Å². The summed E-state index contributed by atoms with van der Waals surface area (Å²) in [6.07, 6.45) is 5.68. The van der Waals surface area contributed by atoms with Gasteiger partial charge in [0.05, 0.1) is 16.6 Å². The number of hydrogen-bond donors (Lipinski definition) is 1. The van der Waals surface area contributed by atoms with E-state index in [-0.39, 0.29) is 17.9 Å². The Bertz CT molecular complexity index is 695. The van der Waals surface area contributed by atoms with Gasteiger partial charge in [-0.2, -0.15) is 0 Å². The Kier molecular flexibility index (Phi) is 7.96. The fourth-order valence-corrected chi connectivity index (χ4v) is 4.76. The summed E-state index contributed by atoms with van der Waals surface area (Å²) in [4.78, 5) is 30.0. The summed E-state index contributed by atoms with van der Waals surface area (Å²) in [5.74, 6) is 1.16. The van der Waals surface area contributed by atoms with Crippen LogP contribution < -0.4 is 5.32 Å². The second-order valence-corrected chi connectivity index (χ2v) is 9.18. The number of nitrogens with zero attached hydrogens (tertiary/aromatic N) is 2. The lowest BCUT2D eigenvalue weighted by Gasteiger charge is -2.40. The van der Waals surface area contributed by atoms with E-state index in [2.05, 4.69) is 24.1 Å². The predicted octanol–water partition coefficient (Wildman–Crippen LogP) is 3.82. The summed E-state index contributed by atoms with van der Waals surface area (Å²) in [6, 6.07) is 7.14. The first kappa shape index (κ1) is 22.1. The first-order chi connectivity index (χ1) is 14.0. The molecule has 0 radical (unpaired) electrons. The maximum atomic E-state index is 13.0. The number of amides is 2. The zero-order chi connectivity index (χ0) is 20.8. The molecule has 1 N–H and O–H groups in total. The minimum atomic E-state index is -0.0674. The van der Waals surface area contributed by atoms with Gasteiger partial charge in [-0.05, 0) is 43.2 Å². The minimum Gasteiger partial charge on any atom is -0.355 e. The van der Waals surface area contributed by atoms with Crippen LogP contribution in [0.1, 0.15) is 56.3 Å². The molecule has 0 spiro atoms. The third-order valence-electron chi connectivity index (χ3n) is 6.24. The summed E-state index contributed by atoms with van der Waals surface area (Å²) < 4.78 is 0. The molecular weight excluding hydrogens is 386 g/mol. The van der Waals surface area contributed by atoms with E-state index < -0.39 is 0 Å². The molecule has 0 aromatic heterocycles. The van der Waals surface area contributed by atoms with Crippen LogP contribution in [-0.4, -0.2) is 60.4 Å². The molecular formula is C23H34ClN3O2. The molecule has 5 nitrogen and oxygen atoms in total. The Hall–Kier alpha value is -1.59. The van der Waals surface area contributed by atoms with Gasteiger partial charge in [-0.3, -0.25) is 14.5 Å². The number of nitrogens with one attached hydrogen (secondary N) is 1. The van der Waals surface area contributed by atoms with E-state index in [1.54, 1.807) is 12.1 Å². The van der Waals surface area contributed by atoms with Gasteiger partial charge in [0.2, 0.25) is 5.91 Å². The number of rotatable bonds is 7.